The first kappa shape index (κ1) is 21.0. The van der Waals surface area contributed by atoms with Crippen molar-refractivity contribution in [3.63, 3.8) is 0 Å². The van der Waals surface area contributed by atoms with Crippen molar-refractivity contribution in [3.05, 3.63) is 34.9 Å². The zero-order chi connectivity index (χ0) is 20.0. The van der Waals surface area contributed by atoms with Gasteiger partial charge in [-0.3, -0.25) is 9.59 Å². The molecule has 27 heavy (non-hydrogen) atoms. The van der Waals surface area contributed by atoms with Gasteiger partial charge < -0.3 is 25.4 Å². The van der Waals surface area contributed by atoms with Gasteiger partial charge in [0.2, 0.25) is 0 Å². The molecule has 0 bridgehead atoms. The smallest absolute Gasteiger partial charge is 0.312 e. The van der Waals surface area contributed by atoms with Crippen LogP contribution in [-0.4, -0.2) is 54.7 Å². The molecular formula is C18H24ClN3O5. The highest BCUT2D eigenvalue weighted by Gasteiger charge is 2.27. The number of nitrogens with one attached hydrogen (secondary N) is 1. The molecule has 0 unspecified atom stereocenters. The molecule has 1 aromatic carbocycles. The highest BCUT2D eigenvalue weighted by atomic mass is 35.5. The van der Waals surface area contributed by atoms with Crippen molar-refractivity contribution in [1.29, 1.82) is 0 Å². The summed E-state index contributed by atoms with van der Waals surface area (Å²) in [5.41, 5.74) is 5.83. The van der Waals surface area contributed by atoms with Crippen molar-refractivity contribution in [3.8, 4) is 0 Å². The topological polar surface area (TPSA) is 111 Å². The van der Waals surface area contributed by atoms with Crippen molar-refractivity contribution in [2.24, 2.45) is 5.73 Å². The fourth-order valence-corrected chi connectivity index (χ4v) is 3.09. The van der Waals surface area contributed by atoms with E-state index < -0.39 is 18.0 Å². The number of hydrogen-bond donors (Lipinski definition) is 2. The molecule has 1 heterocycles. The van der Waals surface area contributed by atoms with Gasteiger partial charge in [-0.05, 0) is 31.5 Å². The van der Waals surface area contributed by atoms with Crippen LogP contribution in [0.1, 0.15) is 31.9 Å². The van der Waals surface area contributed by atoms with Gasteiger partial charge in [0.15, 0.2) is 6.61 Å². The normalized spacial score (nSPS) is 20.6. The molecule has 0 saturated carbocycles. The van der Waals surface area contributed by atoms with E-state index in [1.807, 2.05) is 13.8 Å². The Balaban J connectivity index is 1.90. The predicted molar refractivity (Wildman–Crippen MR) is 99.1 cm³/mol. The molecule has 0 spiro atoms. The minimum absolute atomic E-state index is 0.0672. The molecule has 1 aliphatic heterocycles. The number of urea groups is 1. The summed E-state index contributed by atoms with van der Waals surface area (Å²) < 4.78 is 10.7. The number of esters is 1. The molecule has 1 saturated heterocycles. The molecule has 0 aromatic heterocycles. The van der Waals surface area contributed by atoms with Crippen molar-refractivity contribution >= 4 is 29.5 Å². The number of nitrogens with two attached hydrogens (primary N) is 1. The molecule has 3 N–H and O–H groups in total. The minimum Gasteiger partial charge on any atom is -0.455 e. The van der Waals surface area contributed by atoms with Crippen LogP contribution in [0.3, 0.4) is 0 Å². The first-order valence-corrected chi connectivity index (χ1v) is 9.02. The van der Waals surface area contributed by atoms with E-state index in [4.69, 9.17) is 26.8 Å². The monoisotopic (exact) mass is 397 g/mol. The van der Waals surface area contributed by atoms with Crippen LogP contribution in [0.15, 0.2) is 24.3 Å². The Hall–Kier alpha value is -2.32. The lowest BCUT2D eigenvalue weighted by Crippen LogP contribution is -2.49. The lowest BCUT2D eigenvalue weighted by atomic mass is 10.0. The molecule has 2 rings (SSSR count). The van der Waals surface area contributed by atoms with E-state index in [2.05, 4.69) is 5.32 Å². The summed E-state index contributed by atoms with van der Waals surface area (Å²) in [5.74, 6) is -0.900. The number of nitrogens with zero attached hydrogens (tertiary/aromatic N) is 1. The zero-order valence-corrected chi connectivity index (χ0v) is 16.1. The number of benzene rings is 1. The Kier molecular flexibility index (Phi) is 7.44. The highest BCUT2D eigenvalue weighted by molar-refractivity contribution is 6.30. The van der Waals surface area contributed by atoms with Crippen LogP contribution in [0.5, 0.6) is 0 Å². The summed E-state index contributed by atoms with van der Waals surface area (Å²) >= 11 is 5.85. The molecule has 1 aliphatic rings. The fourth-order valence-electron chi connectivity index (χ4n) is 2.96. The maximum atomic E-state index is 12.3. The molecule has 1 aromatic rings. The number of rotatable bonds is 6. The molecule has 0 radical (unpaired) electrons. The summed E-state index contributed by atoms with van der Waals surface area (Å²) in [6.07, 6.45) is -0.293. The van der Waals surface area contributed by atoms with E-state index in [1.54, 1.807) is 29.2 Å². The second-order valence-corrected chi connectivity index (χ2v) is 6.97. The SMILES string of the molecule is C[C@H]1CN(C(=O)COC(=O)C[C@H](NC(N)=O)c2ccc(Cl)cc2)C[C@H](C)O1. The first-order valence-electron chi connectivity index (χ1n) is 8.65. The number of primary amides is 1. The average molecular weight is 398 g/mol. The van der Waals surface area contributed by atoms with E-state index in [-0.39, 0.29) is 31.1 Å². The molecule has 0 aliphatic carbocycles. The third kappa shape index (κ3) is 6.73. The molecule has 9 heteroatoms. The van der Waals surface area contributed by atoms with Crippen LogP contribution in [0.25, 0.3) is 0 Å². The first-order chi connectivity index (χ1) is 12.7. The predicted octanol–water partition coefficient (Wildman–Crippen LogP) is 1.62. The fraction of sp³-hybridized carbons (Fsp3) is 0.500. The summed E-state index contributed by atoms with van der Waals surface area (Å²) in [5, 5.41) is 3.02. The largest absolute Gasteiger partial charge is 0.455 e. The van der Waals surface area contributed by atoms with Crippen molar-refractivity contribution < 1.29 is 23.9 Å². The lowest BCUT2D eigenvalue weighted by Gasteiger charge is -2.35. The lowest BCUT2D eigenvalue weighted by molar-refractivity contribution is -0.157. The van der Waals surface area contributed by atoms with Crippen LogP contribution >= 0.6 is 11.6 Å². The molecule has 148 valence electrons. The molecular weight excluding hydrogens is 374 g/mol. The van der Waals surface area contributed by atoms with Crippen LogP contribution in [0.2, 0.25) is 5.02 Å². The van der Waals surface area contributed by atoms with Gasteiger partial charge in [-0.1, -0.05) is 23.7 Å². The third-order valence-electron chi connectivity index (χ3n) is 4.09. The molecule has 3 atom stereocenters. The minimum atomic E-state index is -0.768. The van der Waals surface area contributed by atoms with Gasteiger partial charge in [0, 0.05) is 18.1 Å². The van der Waals surface area contributed by atoms with Gasteiger partial charge in [-0.15, -0.1) is 0 Å². The number of ether oxygens (including phenoxy) is 2. The van der Waals surface area contributed by atoms with E-state index in [0.29, 0.717) is 23.7 Å². The van der Waals surface area contributed by atoms with Crippen LogP contribution in [-0.2, 0) is 19.1 Å². The average Bonchev–Trinajstić information content (AvgIpc) is 2.58. The second kappa shape index (κ2) is 9.57. The Morgan fingerprint density at radius 3 is 2.41 bits per heavy atom. The summed E-state index contributed by atoms with van der Waals surface area (Å²) in [6.45, 7) is 4.32. The summed E-state index contributed by atoms with van der Waals surface area (Å²) in [4.78, 5) is 37.3. The molecule has 8 nitrogen and oxygen atoms in total. The van der Waals surface area contributed by atoms with E-state index in [0.717, 1.165) is 0 Å². The van der Waals surface area contributed by atoms with Crippen molar-refractivity contribution in [2.45, 2.75) is 38.5 Å². The summed E-state index contributed by atoms with van der Waals surface area (Å²) in [7, 11) is 0. The number of morpholine rings is 1. The van der Waals surface area contributed by atoms with Crippen LogP contribution in [0, 0.1) is 0 Å². The second-order valence-electron chi connectivity index (χ2n) is 6.53. The van der Waals surface area contributed by atoms with Gasteiger partial charge in [0.05, 0.1) is 24.7 Å². The van der Waals surface area contributed by atoms with Crippen molar-refractivity contribution in [1.82, 2.24) is 10.2 Å². The van der Waals surface area contributed by atoms with Gasteiger partial charge in [-0.2, -0.15) is 0 Å². The van der Waals surface area contributed by atoms with Crippen molar-refractivity contribution in [2.75, 3.05) is 19.7 Å². The zero-order valence-electron chi connectivity index (χ0n) is 15.3. The number of halogens is 1. The van der Waals surface area contributed by atoms with Crippen LogP contribution in [0.4, 0.5) is 4.79 Å². The Morgan fingerprint density at radius 2 is 1.85 bits per heavy atom. The van der Waals surface area contributed by atoms with Gasteiger partial charge in [-0.25, -0.2) is 4.79 Å². The number of carbonyl (C=O) groups is 3. The van der Waals surface area contributed by atoms with E-state index in [1.165, 1.54) is 0 Å². The van der Waals surface area contributed by atoms with E-state index in [9.17, 15) is 14.4 Å². The molecule has 3 amide bonds. The number of hydrogen-bond acceptors (Lipinski definition) is 5. The Morgan fingerprint density at radius 1 is 1.26 bits per heavy atom. The quantitative estimate of drug-likeness (QED) is 0.708. The highest BCUT2D eigenvalue weighted by Crippen LogP contribution is 2.20. The van der Waals surface area contributed by atoms with E-state index >= 15 is 0 Å². The maximum absolute atomic E-state index is 12.3. The Labute approximate surface area is 162 Å². The van der Waals surface area contributed by atoms with Gasteiger partial charge in [0.1, 0.15) is 0 Å². The summed E-state index contributed by atoms with van der Waals surface area (Å²) in [6, 6.07) is 5.20. The number of carbonyl (C=O) groups excluding carboxylic acids is 3. The molecule has 1 fully saturated rings. The Bertz CT molecular complexity index is 672. The van der Waals surface area contributed by atoms with Gasteiger partial charge >= 0.3 is 12.0 Å². The number of amides is 3. The standard InChI is InChI=1S/C18H24ClN3O5/c1-11-8-22(9-12(2)27-11)16(23)10-26-17(24)7-15(21-18(20)25)13-3-5-14(19)6-4-13/h3-6,11-12,15H,7-10H2,1-2H3,(H3,20,21,25)/t11-,12-,15-/m0/s1. The van der Waals surface area contributed by atoms with Gasteiger partial charge in [0.25, 0.3) is 5.91 Å². The van der Waals surface area contributed by atoms with Crippen LogP contribution < -0.4 is 11.1 Å². The maximum Gasteiger partial charge on any atom is 0.312 e. The third-order valence-corrected chi connectivity index (χ3v) is 4.34.